The predicted octanol–water partition coefficient (Wildman–Crippen LogP) is 18.8. The van der Waals surface area contributed by atoms with Crippen molar-refractivity contribution in [1.29, 1.82) is 0 Å². The molecule has 0 saturated carbocycles. The standard InChI is InChI=1S/C62H76N2O6S2/c1-5-7-9-11-13-15-17-19-21-23-41-67-53-37-33-49(34-38-53)55-57-60(70-61(63-57)51-29-25-47(26-30-51)43-71-45(3)65)56(58-59(55)69-62(64-58)52-31-27-48(28-32-52)44-72-46(4)66)50-35-39-54(40-36-50)68-42-24-22-20-18-16-14-12-10-8-6-2/h25-40H,5-24,41-44H2,1-4H3. The zero-order chi connectivity index (χ0) is 50.3. The summed E-state index contributed by atoms with van der Waals surface area (Å²) in [5, 5.41) is 0.171. The van der Waals surface area contributed by atoms with Gasteiger partial charge in [-0.3, -0.25) is 9.59 Å². The number of aromatic nitrogens is 2. The Morgan fingerprint density at radius 2 is 0.722 bits per heavy atom. The van der Waals surface area contributed by atoms with E-state index in [-0.39, 0.29) is 10.2 Å². The molecular formula is C62H76N2O6S2. The van der Waals surface area contributed by atoms with Crippen molar-refractivity contribution in [3.05, 3.63) is 108 Å². The summed E-state index contributed by atoms with van der Waals surface area (Å²) < 4.78 is 26.4. The van der Waals surface area contributed by atoms with E-state index in [1.54, 1.807) is 13.8 Å². The van der Waals surface area contributed by atoms with Gasteiger partial charge in [0.05, 0.1) is 24.3 Å². The molecule has 0 spiro atoms. The third kappa shape index (κ3) is 16.3. The SMILES string of the molecule is CCCCCCCCCCCCOc1ccc(-c2c3nc(-c4ccc(CSC(C)=O)cc4)oc3c(-c3ccc(OCCCCCCCCCCCC)cc3)c3nc(-c4ccc(CSC(C)=O)cc4)oc23)cc1. The minimum Gasteiger partial charge on any atom is -0.494 e. The van der Waals surface area contributed by atoms with Crippen LogP contribution in [0.15, 0.2) is 106 Å². The molecule has 72 heavy (non-hydrogen) atoms. The molecule has 0 aliphatic carbocycles. The Hall–Kier alpha value is -5.32. The summed E-state index contributed by atoms with van der Waals surface area (Å²) in [6.07, 6.45) is 25.6. The zero-order valence-corrected chi connectivity index (χ0v) is 45.0. The molecule has 2 aromatic heterocycles. The third-order valence-electron chi connectivity index (χ3n) is 13.3. The molecule has 2 heterocycles. The molecule has 10 heteroatoms. The van der Waals surface area contributed by atoms with Gasteiger partial charge in [-0.25, -0.2) is 9.97 Å². The molecule has 0 saturated heterocycles. The molecule has 382 valence electrons. The van der Waals surface area contributed by atoms with Crippen molar-refractivity contribution in [1.82, 2.24) is 9.97 Å². The van der Waals surface area contributed by atoms with Crippen LogP contribution >= 0.6 is 23.5 Å². The van der Waals surface area contributed by atoms with Crippen LogP contribution in [-0.4, -0.2) is 33.4 Å². The molecule has 0 atom stereocenters. The van der Waals surface area contributed by atoms with Gasteiger partial charge in [-0.15, -0.1) is 0 Å². The number of thioether (sulfide) groups is 2. The van der Waals surface area contributed by atoms with Gasteiger partial charge in [0.25, 0.3) is 0 Å². The van der Waals surface area contributed by atoms with Crippen LogP contribution < -0.4 is 9.47 Å². The van der Waals surface area contributed by atoms with Crippen molar-refractivity contribution < 1.29 is 27.9 Å². The molecule has 0 radical (unpaired) electrons. The fraction of sp³-hybridized carbons (Fsp3) is 0.452. The van der Waals surface area contributed by atoms with Crippen LogP contribution in [0.25, 0.3) is 67.4 Å². The highest BCUT2D eigenvalue weighted by Crippen LogP contribution is 2.46. The van der Waals surface area contributed by atoms with Crippen molar-refractivity contribution >= 4 is 56.0 Å². The first-order valence-corrected chi connectivity index (χ1v) is 29.0. The lowest BCUT2D eigenvalue weighted by molar-refractivity contribution is -0.109. The largest absolute Gasteiger partial charge is 0.494 e. The molecule has 0 N–H and O–H groups in total. The van der Waals surface area contributed by atoms with Crippen LogP contribution in [0.3, 0.4) is 0 Å². The summed E-state index contributed by atoms with van der Waals surface area (Å²) in [5.41, 5.74) is 9.58. The van der Waals surface area contributed by atoms with Crippen LogP contribution in [0.2, 0.25) is 0 Å². The highest BCUT2D eigenvalue weighted by molar-refractivity contribution is 8.13. The summed E-state index contributed by atoms with van der Waals surface area (Å²) in [6.45, 7) is 9.08. The monoisotopic (exact) mass is 1010 g/mol. The van der Waals surface area contributed by atoms with E-state index in [1.807, 2.05) is 72.8 Å². The van der Waals surface area contributed by atoms with E-state index in [0.717, 1.165) is 68.8 Å². The first kappa shape index (κ1) is 54.5. The maximum Gasteiger partial charge on any atom is 0.227 e. The second-order valence-corrected chi connectivity index (χ2v) is 21.5. The minimum atomic E-state index is 0.0855. The van der Waals surface area contributed by atoms with E-state index in [0.29, 0.717) is 58.7 Å². The van der Waals surface area contributed by atoms with Gasteiger partial charge in [0.2, 0.25) is 11.8 Å². The van der Waals surface area contributed by atoms with Crippen LogP contribution in [0.4, 0.5) is 0 Å². The van der Waals surface area contributed by atoms with E-state index in [4.69, 9.17) is 28.3 Å². The van der Waals surface area contributed by atoms with Crippen LogP contribution in [0, 0.1) is 0 Å². The van der Waals surface area contributed by atoms with Crippen molar-refractivity contribution in [2.45, 2.75) is 168 Å². The number of hydrogen-bond acceptors (Lipinski definition) is 10. The first-order valence-electron chi connectivity index (χ1n) is 27.0. The molecule has 0 aliphatic rings. The second-order valence-electron chi connectivity index (χ2n) is 19.2. The number of unbranched alkanes of at least 4 members (excludes halogenated alkanes) is 18. The Morgan fingerprint density at radius 3 is 1.04 bits per heavy atom. The first-order chi connectivity index (χ1) is 35.3. The number of carbonyl (C=O) groups is 2. The Labute approximate surface area is 437 Å². The summed E-state index contributed by atoms with van der Waals surface area (Å²) in [4.78, 5) is 34.0. The number of rotatable bonds is 32. The van der Waals surface area contributed by atoms with E-state index >= 15 is 0 Å². The highest BCUT2D eigenvalue weighted by Gasteiger charge is 2.27. The number of oxazole rings is 2. The number of nitrogens with zero attached hydrogens (tertiary/aromatic N) is 2. The smallest absolute Gasteiger partial charge is 0.227 e. The van der Waals surface area contributed by atoms with Crippen LogP contribution in [0.5, 0.6) is 11.5 Å². The summed E-state index contributed by atoms with van der Waals surface area (Å²) in [6, 6.07) is 32.5. The number of ether oxygens (including phenoxy) is 2. The molecule has 5 aromatic carbocycles. The van der Waals surface area contributed by atoms with Crippen LogP contribution in [-0.2, 0) is 21.1 Å². The predicted molar refractivity (Wildman–Crippen MR) is 302 cm³/mol. The molecule has 0 unspecified atom stereocenters. The number of fused-ring (bicyclic) bond motifs is 2. The fourth-order valence-electron chi connectivity index (χ4n) is 9.17. The summed E-state index contributed by atoms with van der Waals surface area (Å²) >= 11 is 2.58. The van der Waals surface area contributed by atoms with Gasteiger partial charge in [-0.2, -0.15) is 0 Å². The van der Waals surface area contributed by atoms with Crippen molar-refractivity contribution in [2.24, 2.45) is 0 Å². The number of carbonyl (C=O) groups excluding carboxylic acids is 2. The fourth-order valence-corrected chi connectivity index (χ4v) is 10.3. The lowest BCUT2D eigenvalue weighted by Gasteiger charge is -2.11. The van der Waals surface area contributed by atoms with Crippen molar-refractivity contribution in [2.75, 3.05) is 13.2 Å². The Balaban J connectivity index is 1.18. The van der Waals surface area contributed by atoms with Gasteiger partial charge >= 0.3 is 0 Å². The van der Waals surface area contributed by atoms with Gasteiger partial charge in [0.15, 0.2) is 21.4 Å². The van der Waals surface area contributed by atoms with Crippen molar-refractivity contribution in [3.8, 4) is 56.7 Å². The summed E-state index contributed by atoms with van der Waals surface area (Å²) in [5.74, 6) is 3.77. The van der Waals surface area contributed by atoms with Gasteiger partial charge in [-0.1, -0.05) is 201 Å². The quantitative estimate of drug-likeness (QED) is 0.0379. The second kappa shape index (κ2) is 29.4. The molecule has 7 aromatic rings. The van der Waals surface area contributed by atoms with E-state index < -0.39 is 0 Å². The summed E-state index contributed by atoms with van der Waals surface area (Å²) in [7, 11) is 0. The third-order valence-corrected chi connectivity index (χ3v) is 15.1. The van der Waals surface area contributed by atoms with E-state index in [9.17, 15) is 9.59 Å². The average Bonchev–Trinajstić information content (AvgIpc) is 4.04. The van der Waals surface area contributed by atoms with Crippen LogP contribution in [0.1, 0.15) is 167 Å². The Kier molecular flexibility index (Phi) is 22.2. The molecule has 0 amide bonds. The van der Waals surface area contributed by atoms with Gasteiger partial charge in [-0.05, 0) is 83.6 Å². The molecule has 0 fully saturated rings. The topological polar surface area (TPSA) is 105 Å². The Bertz CT molecular complexity index is 2480. The minimum absolute atomic E-state index is 0.0855. The molecule has 7 rings (SSSR count). The average molecular weight is 1010 g/mol. The van der Waals surface area contributed by atoms with Gasteiger partial charge < -0.3 is 18.3 Å². The lowest BCUT2D eigenvalue weighted by atomic mass is 9.96. The molecule has 0 aliphatic heterocycles. The maximum atomic E-state index is 11.7. The van der Waals surface area contributed by atoms with Gasteiger partial charge in [0.1, 0.15) is 22.5 Å². The Morgan fingerprint density at radius 1 is 0.417 bits per heavy atom. The maximum absolute atomic E-state index is 11.7. The van der Waals surface area contributed by atoms with E-state index in [2.05, 4.69) is 38.1 Å². The zero-order valence-electron chi connectivity index (χ0n) is 43.4. The lowest BCUT2D eigenvalue weighted by Crippen LogP contribution is -1.97. The molecule has 0 bridgehead atoms. The number of hydrogen-bond donors (Lipinski definition) is 0. The highest BCUT2D eigenvalue weighted by atomic mass is 32.2. The van der Waals surface area contributed by atoms with Crippen molar-refractivity contribution in [3.63, 3.8) is 0 Å². The van der Waals surface area contributed by atoms with Gasteiger partial charge in [0, 0.05) is 36.5 Å². The molecule has 8 nitrogen and oxygen atoms in total. The van der Waals surface area contributed by atoms with E-state index in [1.165, 1.54) is 139 Å². The normalized spacial score (nSPS) is 11.5. The molecular weight excluding hydrogens is 933 g/mol. The number of benzene rings is 5.